The van der Waals surface area contributed by atoms with E-state index in [9.17, 15) is 14.0 Å². The van der Waals surface area contributed by atoms with Gasteiger partial charge in [-0.2, -0.15) is 0 Å². The lowest BCUT2D eigenvalue weighted by Crippen LogP contribution is -2.30. The van der Waals surface area contributed by atoms with Gasteiger partial charge in [0.15, 0.2) is 11.9 Å². The molecule has 1 heterocycles. The number of halogens is 2. The summed E-state index contributed by atoms with van der Waals surface area (Å²) in [6.45, 7) is 3.01. The van der Waals surface area contributed by atoms with Crippen LogP contribution in [0.1, 0.15) is 23.0 Å². The molecule has 8 heteroatoms. The van der Waals surface area contributed by atoms with E-state index in [0.29, 0.717) is 5.76 Å². The fourth-order valence-electron chi connectivity index (χ4n) is 1.58. The molecule has 1 aromatic carbocycles. The predicted molar refractivity (Wildman–Crippen MR) is 76.2 cm³/mol. The van der Waals surface area contributed by atoms with Crippen molar-refractivity contribution >= 4 is 29.3 Å². The Labute approximate surface area is 130 Å². The highest BCUT2D eigenvalue weighted by molar-refractivity contribution is 6.30. The largest absolute Gasteiger partial charge is 0.449 e. The van der Waals surface area contributed by atoms with Gasteiger partial charge in [0, 0.05) is 11.1 Å². The van der Waals surface area contributed by atoms with Crippen molar-refractivity contribution in [3.8, 4) is 0 Å². The van der Waals surface area contributed by atoms with Crippen molar-refractivity contribution in [2.24, 2.45) is 0 Å². The third kappa shape index (κ3) is 3.82. The number of benzene rings is 1. The van der Waals surface area contributed by atoms with Crippen molar-refractivity contribution in [1.82, 2.24) is 5.16 Å². The summed E-state index contributed by atoms with van der Waals surface area (Å²) in [4.78, 5) is 23.7. The fourth-order valence-corrected chi connectivity index (χ4v) is 1.76. The summed E-state index contributed by atoms with van der Waals surface area (Å²) in [5.74, 6) is -1.68. The fraction of sp³-hybridized carbons (Fsp3) is 0.214. The molecule has 0 fully saturated rings. The lowest BCUT2D eigenvalue weighted by Gasteiger charge is -2.12. The highest BCUT2D eigenvalue weighted by Gasteiger charge is 2.22. The van der Waals surface area contributed by atoms with Gasteiger partial charge in [0.2, 0.25) is 0 Å². The number of nitrogens with zero attached hydrogens (tertiary/aromatic N) is 1. The van der Waals surface area contributed by atoms with E-state index in [0.717, 1.165) is 12.1 Å². The van der Waals surface area contributed by atoms with Crippen LogP contribution in [0.5, 0.6) is 0 Å². The Morgan fingerprint density at radius 1 is 1.41 bits per heavy atom. The summed E-state index contributed by atoms with van der Waals surface area (Å²) in [5, 5.41) is 6.16. The second-order valence-electron chi connectivity index (χ2n) is 4.48. The maximum atomic E-state index is 13.5. The zero-order chi connectivity index (χ0) is 16.3. The summed E-state index contributed by atoms with van der Waals surface area (Å²) in [7, 11) is 0. The Kier molecular flexibility index (Phi) is 4.77. The first-order chi connectivity index (χ1) is 10.4. The molecule has 0 saturated carbocycles. The van der Waals surface area contributed by atoms with Crippen LogP contribution in [0.3, 0.4) is 0 Å². The predicted octanol–water partition coefficient (Wildman–Crippen LogP) is 2.96. The third-order valence-corrected chi connectivity index (χ3v) is 2.92. The maximum Gasteiger partial charge on any atom is 0.341 e. The molecule has 6 nitrogen and oxygen atoms in total. The van der Waals surface area contributed by atoms with Crippen LogP contribution in [-0.4, -0.2) is 23.1 Å². The second kappa shape index (κ2) is 6.57. The van der Waals surface area contributed by atoms with E-state index < -0.39 is 23.8 Å². The van der Waals surface area contributed by atoms with Crippen LogP contribution in [0, 0.1) is 12.7 Å². The van der Waals surface area contributed by atoms with Gasteiger partial charge in [0.05, 0.1) is 5.56 Å². The molecule has 0 aliphatic rings. The Bertz CT molecular complexity index is 717. The molecule has 1 atom stereocenters. The molecule has 0 radical (unpaired) electrons. The SMILES string of the molecule is Cc1cc(NC(=O)[C@H](C)OC(=O)c2cc(Cl)ccc2F)no1. The molecule has 0 aliphatic carbocycles. The molecule has 1 aromatic heterocycles. The van der Waals surface area contributed by atoms with E-state index in [4.69, 9.17) is 20.9 Å². The van der Waals surface area contributed by atoms with Crippen LogP contribution in [-0.2, 0) is 9.53 Å². The van der Waals surface area contributed by atoms with Crippen molar-refractivity contribution < 1.29 is 23.2 Å². The zero-order valence-corrected chi connectivity index (χ0v) is 12.5. The molecule has 0 spiro atoms. The highest BCUT2D eigenvalue weighted by atomic mass is 35.5. The Balaban J connectivity index is 2.01. The Morgan fingerprint density at radius 2 is 2.14 bits per heavy atom. The minimum absolute atomic E-state index is 0.184. The summed E-state index contributed by atoms with van der Waals surface area (Å²) < 4.78 is 23.2. The number of carbonyl (C=O) groups is 2. The molecule has 22 heavy (non-hydrogen) atoms. The first-order valence-corrected chi connectivity index (χ1v) is 6.65. The van der Waals surface area contributed by atoms with Crippen LogP contribution in [0.25, 0.3) is 0 Å². The molecular formula is C14H12ClFN2O4. The maximum absolute atomic E-state index is 13.5. The highest BCUT2D eigenvalue weighted by Crippen LogP contribution is 2.17. The number of hydrogen-bond donors (Lipinski definition) is 1. The quantitative estimate of drug-likeness (QED) is 0.873. The number of aromatic nitrogens is 1. The number of amides is 1. The van der Waals surface area contributed by atoms with Crippen LogP contribution < -0.4 is 5.32 Å². The van der Waals surface area contributed by atoms with E-state index in [1.54, 1.807) is 6.92 Å². The van der Waals surface area contributed by atoms with Gasteiger partial charge in [-0.3, -0.25) is 4.79 Å². The van der Waals surface area contributed by atoms with Crippen LogP contribution in [0.4, 0.5) is 10.2 Å². The summed E-state index contributed by atoms with van der Waals surface area (Å²) in [6, 6.07) is 4.98. The first kappa shape index (κ1) is 16.0. The average molecular weight is 327 g/mol. The summed E-state index contributed by atoms with van der Waals surface area (Å²) >= 11 is 5.70. The van der Waals surface area contributed by atoms with Gasteiger partial charge in [-0.15, -0.1) is 0 Å². The number of ether oxygens (including phenoxy) is 1. The Morgan fingerprint density at radius 3 is 2.77 bits per heavy atom. The minimum atomic E-state index is -1.15. The third-order valence-electron chi connectivity index (χ3n) is 2.68. The van der Waals surface area contributed by atoms with E-state index in [1.165, 1.54) is 19.1 Å². The van der Waals surface area contributed by atoms with Gasteiger partial charge in [-0.1, -0.05) is 16.8 Å². The van der Waals surface area contributed by atoms with E-state index in [-0.39, 0.29) is 16.4 Å². The Hall–Kier alpha value is -2.41. The van der Waals surface area contributed by atoms with Crippen LogP contribution in [0.2, 0.25) is 5.02 Å². The van der Waals surface area contributed by atoms with E-state index in [2.05, 4.69) is 10.5 Å². The zero-order valence-electron chi connectivity index (χ0n) is 11.7. The minimum Gasteiger partial charge on any atom is -0.449 e. The molecule has 2 rings (SSSR count). The molecule has 0 bridgehead atoms. The number of esters is 1. The second-order valence-corrected chi connectivity index (χ2v) is 4.92. The monoisotopic (exact) mass is 326 g/mol. The van der Waals surface area contributed by atoms with Crippen molar-refractivity contribution in [2.75, 3.05) is 5.32 Å². The van der Waals surface area contributed by atoms with Gasteiger partial charge in [0.1, 0.15) is 11.6 Å². The molecule has 0 aliphatic heterocycles. The van der Waals surface area contributed by atoms with Crippen molar-refractivity contribution in [1.29, 1.82) is 0 Å². The van der Waals surface area contributed by atoms with Gasteiger partial charge in [-0.05, 0) is 32.0 Å². The normalized spacial score (nSPS) is 11.8. The lowest BCUT2D eigenvalue weighted by molar-refractivity contribution is -0.123. The number of carbonyl (C=O) groups excluding carboxylic acids is 2. The van der Waals surface area contributed by atoms with Gasteiger partial charge < -0.3 is 14.6 Å². The van der Waals surface area contributed by atoms with Gasteiger partial charge >= 0.3 is 5.97 Å². The van der Waals surface area contributed by atoms with E-state index >= 15 is 0 Å². The number of rotatable bonds is 4. The van der Waals surface area contributed by atoms with E-state index in [1.807, 2.05) is 0 Å². The van der Waals surface area contributed by atoms with Crippen LogP contribution in [0.15, 0.2) is 28.8 Å². The molecular weight excluding hydrogens is 315 g/mol. The van der Waals surface area contributed by atoms with Gasteiger partial charge in [-0.25, -0.2) is 9.18 Å². The van der Waals surface area contributed by atoms with Crippen molar-refractivity contribution in [3.05, 3.63) is 46.4 Å². The standard InChI is InChI=1S/C14H12ClFN2O4/c1-7-5-12(18-22-7)17-13(19)8(2)21-14(20)10-6-9(15)3-4-11(10)16/h3-6,8H,1-2H3,(H,17,18,19)/t8-/m0/s1. The number of hydrogen-bond acceptors (Lipinski definition) is 5. The summed E-state index contributed by atoms with van der Waals surface area (Å²) in [5.41, 5.74) is -0.343. The molecule has 1 amide bonds. The van der Waals surface area contributed by atoms with Crippen molar-refractivity contribution in [2.45, 2.75) is 20.0 Å². The number of anilines is 1. The first-order valence-electron chi connectivity index (χ1n) is 6.27. The molecule has 116 valence electrons. The molecule has 2 aromatic rings. The summed E-state index contributed by atoms with van der Waals surface area (Å²) in [6.07, 6.45) is -1.15. The average Bonchev–Trinajstić information content (AvgIpc) is 2.86. The smallest absolute Gasteiger partial charge is 0.341 e. The number of aryl methyl sites for hydroxylation is 1. The molecule has 1 N–H and O–H groups in total. The lowest BCUT2D eigenvalue weighted by atomic mass is 10.2. The molecule has 0 saturated heterocycles. The number of nitrogens with one attached hydrogen (secondary N) is 1. The van der Waals surface area contributed by atoms with Crippen molar-refractivity contribution in [3.63, 3.8) is 0 Å². The topological polar surface area (TPSA) is 81.4 Å². The van der Waals surface area contributed by atoms with Gasteiger partial charge in [0.25, 0.3) is 5.91 Å². The van der Waals surface area contributed by atoms with Crippen LogP contribution >= 0.6 is 11.6 Å². The molecule has 0 unspecified atom stereocenters.